The van der Waals surface area contributed by atoms with Crippen LogP contribution in [0.4, 0.5) is 0 Å². The molecule has 1 aliphatic rings. The van der Waals surface area contributed by atoms with Gasteiger partial charge in [-0.3, -0.25) is 4.79 Å². The Labute approximate surface area is 96.5 Å². The van der Waals surface area contributed by atoms with Crippen molar-refractivity contribution in [3.63, 3.8) is 0 Å². The monoisotopic (exact) mass is 223 g/mol. The molecule has 0 aliphatic heterocycles. The molecule has 1 unspecified atom stereocenters. The van der Waals surface area contributed by atoms with E-state index in [0.29, 0.717) is 12.3 Å². The first kappa shape index (κ1) is 13.0. The largest absolute Gasteiger partial charge is 0.475 e. The highest BCUT2D eigenvalue weighted by Crippen LogP contribution is 2.17. The summed E-state index contributed by atoms with van der Waals surface area (Å²) in [6.45, 7) is 3.96. The standard InChI is InChI=1S/C11H18BNO3/c1-6(2)3-9(10(14)11(15)16)13-8-4-7(12)5-8/h4,6,8-9,13H,3,5,12H2,1-2H3,(H,15,16)/t8?,9-/m0/s1. The van der Waals surface area contributed by atoms with Crippen LogP contribution in [0.15, 0.2) is 11.5 Å². The molecule has 0 aromatic rings. The van der Waals surface area contributed by atoms with Crippen LogP contribution in [0.1, 0.15) is 26.7 Å². The van der Waals surface area contributed by atoms with Crippen LogP contribution < -0.4 is 5.32 Å². The molecule has 2 atom stereocenters. The maximum absolute atomic E-state index is 11.5. The van der Waals surface area contributed by atoms with Crippen LogP contribution in [0.3, 0.4) is 0 Å². The van der Waals surface area contributed by atoms with E-state index in [0.717, 1.165) is 6.42 Å². The summed E-state index contributed by atoms with van der Waals surface area (Å²) in [6, 6.07) is -0.404. The number of carboxylic acid groups (broad SMARTS) is 1. The fourth-order valence-electron chi connectivity index (χ4n) is 1.89. The fourth-order valence-corrected chi connectivity index (χ4v) is 1.89. The number of carboxylic acids is 1. The number of nitrogens with one attached hydrogen (secondary N) is 1. The minimum Gasteiger partial charge on any atom is -0.475 e. The van der Waals surface area contributed by atoms with Crippen molar-refractivity contribution in [2.24, 2.45) is 5.92 Å². The normalized spacial score (nSPS) is 21.2. The lowest BCUT2D eigenvalue weighted by atomic mass is 9.79. The molecular weight excluding hydrogens is 205 g/mol. The lowest BCUT2D eigenvalue weighted by molar-refractivity contribution is -0.150. The topological polar surface area (TPSA) is 66.4 Å². The van der Waals surface area contributed by atoms with Crippen LogP contribution in [0, 0.1) is 5.92 Å². The van der Waals surface area contributed by atoms with E-state index in [4.69, 9.17) is 5.11 Å². The van der Waals surface area contributed by atoms with Gasteiger partial charge in [0.1, 0.15) is 7.85 Å². The summed E-state index contributed by atoms with van der Waals surface area (Å²) in [5, 5.41) is 11.8. The van der Waals surface area contributed by atoms with Crippen molar-refractivity contribution in [1.82, 2.24) is 5.32 Å². The molecular formula is C11H18BNO3. The molecule has 16 heavy (non-hydrogen) atoms. The molecule has 1 aliphatic carbocycles. The molecule has 0 aromatic heterocycles. The van der Waals surface area contributed by atoms with Crippen LogP contribution in [0.2, 0.25) is 0 Å². The predicted molar refractivity (Wildman–Crippen MR) is 64.1 cm³/mol. The van der Waals surface area contributed by atoms with Gasteiger partial charge in [0.05, 0.1) is 6.04 Å². The minimum absolute atomic E-state index is 0.159. The molecule has 0 heterocycles. The summed E-state index contributed by atoms with van der Waals surface area (Å²) in [7, 11) is 2.02. The molecule has 88 valence electrons. The van der Waals surface area contributed by atoms with Gasteiger partial charge in [-0.15, -0.1) is 5.47 Å². The number of hydrogen-bond acceptors (Lipinski definition) is 3. The zero-order chi connectivity index (χ0) is 12.3. The van der Waals surface area contributed by atoms with Crippen molar-refractivity contribution in [3.05, 3.63) is 11.5 Å². The summed E-state index contributed by atoms with van der Waals surface area (Å²) < 4.78 is 0. The Morgan fingerprint density at radius 2 is 2.19 bits per heavy atom. The summed E-state index contributed by atoms with van der Waals surface area (Å²) >= 11 is 0. The highest BCUT2D eigenvalue weighted by atomic mass is 16.4. The molecule has 2 N–H and O–H groups in total. The van der Waals surface area contributed by atoms with E-state index in [2.05, 4.69) is 5.32 Å². The van der Waals surface area contributed by atoms with Crippen LogP contribution in [-0.4, -0.2) is 36.8 Å². The highest BCUT2D eigenvalue weighted by Gasteiger charge is 2.28. The smallest absolute Gasteiger partial charge is 0.373 e. The zero-order valence-electron chi connectivity index (χ0n) is 9.99. The number of hydrogen-bond donors (Lipinski definition) is 2. The summed E-state index contributed by atoms with van der Waals surface area (Å²) in [4.78, 5) is 22.1. The quantitative estimate of drug-likeness (QED) is 0.488. The van der Waals surface area contributed by atoms with Gasteiger partial charge >= 0.3 is 5.97 Å². The molecule has 0 saturated heterocycles. The molecule has 0 amide bonds. The van der Waals surface area contributed by atoms with Gasteiger partial charge in [-0.25, -0.2) is 4.79 Å². The summed E-state index contributed by atoms with van der Waals surface area (Å²) in [6.07, 6.45) is 3.50. The van der Waals surface area contributed by atoms with E-state index >= 15 is 0 Å². The van der Waals surface area contributed by atoms with Crippen molar-refractivity contribution in [2.75, 3.05) is 0 Å². The number of aliphatic carboxylic acids is 1. The Hall–Kier alpha value is -1.10. The minimum atomic E-state index is -1.35. The molecule has 0 bridgehead atoms. The van der Waals surface area contributed by atoms with Crippen molar-refractivity contribution >= 4 is 19.6 Å². The van der Waals surface area contributed by atoms with Crippen LogP contribution >= 0.6 is 0 Å². The molecule has 5 heteroatoms. The Morgan fingerprint density at radius 3 is 2.56 bits per heavy atom. The van der Waals surface area contributed by atoms with E-state index in [1.807, 2.05) is 27.8 Å². The molecule has 1 rings (SSSR count). The second-order valence-corrected chi connectivity index (χ2v) is 4.84. The molecule has 4 nitrogen and oxygen atoms in total. The van der Waals surface area contributed by atoms with Gasteiger partial charge in [0, 0.05) is 6.04 Å². The van der Waals surface area contributed by atoms with E-state index in [1.54, 1.807) is 0 Å². The molecule has 0 fully saturated rings. The Bertz CT molecular complexity index is 325. The van der Waals surface area contributed by atoms with Gasteiger partial charge in [-0.1, -0.05) is 19.9 Å². The van der Waals surface area contributed by atoms with Crippen molar-refractivity contribution in [3.8, 4) is 0 Å². The average molecular weight is 223 g/mol. The maximum Gasteiger partial charge on any atom is 0.373 e. The lowest BCUT2D eigenvalue weighted by Gasteiger charge is -2.29. The summed E-state index contributed by atoms with van der Waals surface area (Å²) in [5.41, 5.74) is 1.28. The van der Waals surface area contributed by atoms with E-state index in [9.17, 15) is 9.59 Å². The van der Waals surface area contributed by atoms with E-state index < -0.39 is 17.8 Å². The Balaban J connectivity index is 2.57. The molecule has 0 spiro atoms. The third-order valence-electron chi connectivity index (χ3n) is 2.68. The lowest BCUT2D eigenvalue weighted by Crippen LogP contribution is -2.48. The highest BCUT2D eigenvalue weighted by molar-refractivity contribution is 6.34. The zero-order valence-corrected chi connectivity index (χ0v) is 9.99. The molecule has 0 radical (unpaired) electrons. The number of rotatable bonds is 6. The molecule has 0 aromatic carbocycles. The predicted octanol–water partition coefficient (Wildman–Crippen LogP) is -0.0663. The van der Waals surface area contributed by atoms with Crippen molar-refractivity contribution in [1.29, 1.82) is 0 Å². The Morgan fingerprint density at radius 1 is 1.62 bits per heavy atom. The van der Waals surface area contributed by atoms with Gasteiger partial charge in [0.25, 0.3) is 5.78 Å². The first-order chi connectivity index (χ1) is 7.40. The van der Waals surface area contributed by atoms with Gasteiger partial charge < -0.3 is 10.4 Å². The summed E-state index contributed by atoms with van der Waals surface area (Å²) in [5.74, 6) is -1.78. The first-order valence-corrected chi connectivity index (χ1v) is 5.60. The maximum atomic E-state index is 11.5. The molecule has 0 saturated carbocycles. The first-order valence-electron chi connectivity index (χ1n) is 5.60. The SMILES string of the molecule is BC1=CC(N[C@@H](CC(C)C)C(=O)C(=O)O)C1. The number of carbonyl (C=O) groups is 2. The second kappa shape index (κ2) is 5.30. The van der Waals surface area contributed by atoms with Crippen molar-refractivity contribution in [2.45, 2.75) is 38.8 Å². The van der Waals surface area contributed by atoms with Gasteiger partial charge in [-0.05, 0) is 18.8 Å². The number of Topliss-reactive ketones (excluding diaryl/α,β-unsaturated/α-hetero) is 1. The fraction of sp³-hybridized carbons (Fsp3) is 0.636. The third kappa shape index (κ3) is 3.49. The van der Waals surface area contributed by atoms with E-state index in [1.165, 1.54) is 5.47 Å². The Kier molecular flexibility index (Phi) is 4.30. The number of carbonyl (C=O) groups excluding carboxylic acids is 1. The second-order valence-electron chi connectivity index (χ2n) is 4.84. The van der Waals surface area contributed by atoms with Crippen LogP contribution in [-0.2, 0) is 9.59 Å². The van der Waals surface area contributed by atoms with E-state index in [-0.39, 0.29) is 6.04 Å². The third-order valence-corrected chi connectivity index (χ3v) is 2.68. The van der Waals surface area contributed by atoms with Crippen molar-refractivity contribution < 1.29 is 14.7 Å². The van der Waals surface area contributed by atoms with Gasteiger partial charge in [-0.2, -0.15) is 0 Å². The van der Waals surface area contributed by atoms with Gasteiger partial charge in [0.2, 0.25) is 0 Å². The average Bonchev–Trinajstić information content (AvgIpc) is 2.12. The number of ketones is 1. The van der Waals surface area contributed by atoms with Crippen LogP contribution in [0.25, 0.3) is 0 Å². The van der Waals surface area contributed by atoms with Crippen LogP contribution in [0.5, 0.6) is 0 Å². The van der Waals surface area contributed by atoms with Gasteiger partial charge in [0.15, 0.2) is 0 Å².